The molecule has 0 atom stereocenters. The second-order valence-electron chi connectivity index (χ2n) is 5.53. The van der Waals surface area contributed by atoms with Crippen LogP contribution >= 0.6 is 11.3 Å². The topological polar surface area (TPSA) is 49.3 Å². The Morgan fingerprint density at radius 1 is 1.25 bits per heavy atom. The number of carbonyl (C=O) groups is 1. The number of benzene rings is 1. The first-order chi connectivity index (χ1) is 9.74. The van der Waals surface area contributed by atoms with Crippen LogP contribution in [0.3, 0.4) is 0 Å². The summed E-state index contributed by atoms with van der Waals surface area (Å²) in [6, 6.07) is 8.00. The third-order valence-electron chi connectivity index (χ3n) is 4.09. The molecule has 4 heteroatoms. The van der Waals surface area contributed by atoms with Crippen molar-refractivity contribution < 1.29 is 9.90 Å². The number of amides is 1. The van der Waals surface area contributed by atoms with Crippen LogP contribution in [0.1, 0.15) is 36.0 Å². The Morgan fingerprint density at radius 2 is 2.00 bits per heavy atom. The highest BCUT2D eigenvalue weighted by Gasteiger charge is 2.20. The minimum Gasteiger partial charge on any atom is -0.393 e. The number of thiophene rings is 1. The predicted octanol–water partition coefficient (Wildman–Crippen LogP) is 3.18. The maximum atomic E-state index is 12.3. The van der Waals surface area contributed by atoms with Gasteiger partial charge in [-0.15, -0.1) is 11.3 Å². The van der Waals surface area contributed by atoms with E-state index >= 15 is 0 Å². The summed E-state index contributed by atoms with van der Waals surface area (Å²) in [7, 11) is 0. The van der Waals surface area contributed by atoms with Crippen molar-refractivity contribution in [3.05, 3.63) is 35.2 Å². The summed E-state index contributed by atoms with van der Waals surface area (Å²) in [5, 5.41) is 15.5. The van der Waals surface area contributed by atoms with E-state index in [0.717, 1.165) is 47.9 Å². The molecule has 0 saturated heterocycles. The molecule has 1 fully saturated rings. The van der Waals surface area contributed by atoms with Crippen LogP contribution in [0.15, 0.2) is 29.6 Å². The summed E-state index contributed by atoms with van der Waals surface area (Å²) in [6.07, 6.45) is 3.60. The standard InChI is InChI=1S/C16H19NO2S/c18-12-7-5-11(6-8-12)9-17-16(19)14-10-20-15-4-2-1-3-13(14)15/h1-4,10-12,18H,5-9H2,(H,17,19). The van der Waals surface area contributed by atoms with Gasteiger partial charge in [0.25, 0.3) is 5.91 Å². The van der Waals surface area contributed by atoms with Crippen LogP contribution in [-0.4, -0.2) is 23.7 Å². The molecule has 1 aromatic heterocycles. The number of hydrogen-bond donors (Lipinski definition) is 2. The van der Waals surface area contributed by atoms with Crippen molar-refractivity contribution in [2.45, 2.75) is 31.8 Å². The molecule has 20 heavy (non-hydrogen) atoms. The smallest absolute Gasteiger partial charge is 0.252 e. The van der Waals surface area contributed by atoms with Crippen molar-refractivity contribution in [1.82, 2.24) is 5.32 Å². The molecule has 0 unspecified atom stereocenters. The number of fused-ring (bicyclic) bond motifs is 1. The minimum absolute atomic E-state index is 0.0218. The molecule has 3 nitrogen and oxygen atoms in total. The van der Waals surface area contributed by atoms with E-state index < -0.39 is 0 Å². The lowest BCUT2D eigenvalue weighted by atomic mass is 9.87. The van der Waals surface area contributed by atoms with E-state index in [1.54, 1.807) is 11.3 Å². The molecule has 106 valence electrons. The van der Waals surface area contributed by atoms with Gasteiger partial charge in [0.15, 0.2) is 0 Å². The average molecular weight is 289 g/mol. The van der Waals surface area contributed by atoms with E-state index in [4.69, 9.17) is 0 Å². The van der Waals surface area contributed by atoms with Gasteiger partial charge in [0.1, 0.15) is 0 Å². The summed E-state index contributed by atoms with van der Waals surface area (Å²) >= 11 is 1.61. The lowest BCUT2D eigenvalue weighted by molar-refractivity contribution is 0.0912. The summed E-state index contributed by atoms with van der Waals surface area (Å²) in [6.45, 7) is 0.718. The van der Waals surface area contributed by atoms with E-state index in [1.807, 2.05) is 29.6 Å². The Labute approximate surface area is 122 Å². The zero-order valence-corrected chi connectivity index (χ0v) is 12.2. The number of aliphatic hydroxyl groups is 1. The van der Waals surface area contributed by atoms with Gasteiger partial charge in [-0.25, -0.2) is 0 Å². The molecule has 0 radical (unpaired) electrons. The summed E-state index contributed by atoms with van der Waals surface area (Å²) in [4.78, 5) is 12.3. The molecule has 3 rings (SSSR count). The minimum atomic E-state index is -0.136. The molecule has 1 saturated carbocycles. The Balaban J connectivity index is 1.62. The van der Waals surface area contributed by atoms with E-state index in [-0.39, 0.29) is 12.0 Å². The fourth-order valence-corrected chi connectivity index (χ4v) is 3.78. The maximum Gasteiger partial charge on any atom is 0.252 e. The summed E-state index contributed by atoms with van der Waals surface area (Å²) in [5.41, 5.74) is 0.779. The van der Waals surface area contributed by atoms with E-state index in [9.17, 15) is 9.90 Å². The predicted molar refractivity (Wildman–Crippen MR) is 82.1 cm³/mol. The van der Waals surface area contributed by atoms with E-state index in [1.165, 1.54) is 0 Å². The van der Waals surface area contributed by atoms with Gasteiger partial charge in [0, 0.05) is 22.0 Å². The molecule has 2 aromatic rings. The largest absolute Gasteiger partial charge is 0.393 e. The number of rotatable bonds is 3. The Morgan fingerprint density at radius 3 is 2.80 bits per heavy atom. The van der Waals surface area contributed by atoms with Crippen LogP contribution in [0.2, 0.25) is 0 Å². The number of aliphatic hydroxyl groups excluding tert-OH is 1. The monoisotopic (exact) mass is 289 g/mol. The molecular weight excluding hydrogens is 270 g/mol. The third-order valence-corrected chi connectivity index (χ3v) is 5.06. The lowest BCUT2D eigenvalue weighted by Gasteiger charge is -2.25. The van der Waals surface area contributed by atoms with Gasteiger partial charge in [-0.3, -0.25) is 4.79 Å². The van der Waals surface area contributed by atoms with E-state index in [0.29, 0.717) is 5.92 Å². The molecule has 0 bridgehead atoms. The van der Waals surface area contributed by atoms with Crippen LogP contribution in [-0.2, 0) is 0 Å². The molecule has 1 heterocycles. The van der Waals surface area contributed by atoms with Crippen LogP contribution < -0.4 is 5.32 Å². The Hall–Kier alpha value is -1.39. The van der Waals surface area contributed by atoms with Gasteiger partial charge in [-0.05, 0) is 37.7 Å². The zero-order chi connectivity index (χ0) is 13.9. The number of carbonyl (C=O) groups excluding carboxylic acids is 1. The molecular formula is C16H19NO2S. The van der Waals surface area contributed by atoms with Gasteiger partial charge in [-0.2, -0.15) is 0 Å². The third kappa shape index (κ3) is 2.86. The highest BCUT2D eigenvalue weighted by Crippen LogP contribution is 2.26. The molecule has 1 amide bonds. The van der Waals surface area contributed by atoms with Gasteiger partial charge in [0.05, 0.1) is 11.7 Å². The lowest BCUT2D eigenvalue weighted by Crippen LogP contribution is -2.32. The van der Waals surface area contributed by atoms with Crippen LogP contribution in [0.4, 0.5) is 0 Å². The quantitative estimate of drug-likeness (QED) is 0.911. The van der Waals surface area contributed by atoms with Crippen molar-refractivity contribution in [1.29, 1.82) is 0 Å². The van der Waals surface area contributed by atoms with Crippen molar-refractivity contribution in [2.75, 3.05) is 6.54 Å². The first kappa shape index (κ1) is 13.6. The van der Waals surface area contributed by atoms with Gasteiger partial charge >= 0.3 is 0 Å². The van der Waals surface area contributed by atoms with Crippen LogP contribution in [0.5, 0.6) is 0 Å². The van der Waals surface area contributed by atoms with Crippen LogP contribution in [0.25, 0.3) is 10.1 Å². The van der Waals surface area contributed by atoms with Crippen molar-refractivity contribution in [2.24, 2.45) is 5.92 Å². The highest BCUT2D eigenvalue weighted by atomic mass is 32.1. The molecule has 1 aromatic carbocycles. The molecule has 1 aliphatic rings. The average Bonchev–Trinajstić information content (AvgIpc) is 2.90. The fraction of sp³-hybridized carbons (Fsp3) is 0.438. The first-order valence-electron chi connectivity index (χ1n) is 7.16. The van der Waals surface area contributed by atoms with E-state index in [2.05, 4.69) is 5.32 Å². The molecule has 0 aliphatic heterocycles. The molecule has 0 spiro atoms. The highest BCUT2D eigenvalue weighted by molar-refractivity contribution is 7.17. The van der Waals surface area contributed by atoms with Gasteiger partial charge in [-0.1, -0.05) is 18.2 Å². The second-order valence-corrected chi connectivity index (χ2v) is 6.44. The first-order valence-corrected chi connectivity index (χ1v) is 8.04. The number of nitrogens with one attached hydrogen (secondary N) is 1. The number of hydrogen-bond acceptors (Lipinski definition) is 3. The summed E-state index contributed by atoms with van der Waals surface area (Å²) < 4.78 is 1.15. The van der Waals surface area contributed by atoms with Crippen molar-refractivity contribution in [3.8, 4) is 0 Å². The maximum absolute atomic E-state index is 12.3. The second kappa shape index (κ2) is 5.94. The molecule has 1 aliphatic carbocycles. The van der Waals surface area contributed by atoms with Crippen LogP contribution in [0, 0.1) is 5.92 Å². The van der Waals surface area contributed by atoms with Crippen molar-refractivity contribution >= 4 is 27.3 Å². The SMILES string of the molecule is O=C(NCC1CCC(O)CC1)c1csc2ccccc12. The van der Waals surface area contributed by atoms with Gasteiger partial charge < -0.3 is 10.4 Å². The molecule has 2 N–H and O–H groups in total. The fourth-order valence-electron chi connectivity index (χ4n) is 2.83. The zero-order valence-electron chi connectivity index (χ0n) is 11.3. The Bertz CT molecular complexity index is 599. The van der Waals surface area contributed by atoms with Gasteiger partial charge in [0.2, 0.25) is 0 Å². The summed E-state index contributed by atoms with van der Waals surface area (Å²) in [5.74, 6) is 0.529. The Kier molecular flexibility index (Phi) is 4.03. The normalized spacial score (nSPS) is 22.9. The van der Waals surface area contributed by atoms with Crippen molar-refractivity contribution in [3.63, 3.8) is 0 Å².